The zero-order valence-corrected chi connectivity index (χ0v) is 14.4. The van der Waals surface area contributed by atoms with Gasteiger partial charge < -0.3 is 10.1 Å². The van der Waals surface area contributed by atoms with Gasteiger partial charge in [0.1, 0.15) is 6.10 Å². The van der Waals surface area contributed by atoms with Gasteiger partial charge >= 0.3 is 0 Å². The molecule has 3 heterocycles. The lowest BCUT2D eigenvalue weighted by Gasteiger charge is -2.22. The first-order valence-corrected chi connectivity index (χ1v) is 8.48. The molecule has 1 fully saturated rings. The molecule has 3 rings (SSSR count). The largest absolute Gasteiger partial charge is 0.370 e. The molecule has 1 N–H and O–H groups in total. The van der Waals surface area contributed by atoms with Crippen molar-refractivity contribution in [2.45, 2.75) is 64.9 Å². The smallest absolute Gasteiger partial charge is 0.114 e. The molecule has 2 atom stereocenters. The minimum absolute atomic E-state index is 0.0651. The van der Waals surface area contributed by atoms with E-state index in [2.05, 4.69) is 64.7 Å². The first-order chi connectivity index (χ1) is 11.1. The van der Waals surface area contributed by atoms with Gasteiger partial charge in [-0.15, -0.1) is 0 Å². The quantitative estimate of drug-likeness (QED) is 0.890. The Balaban J connectivity index is 1.70. The van der Waals surface area contributed by atoms with E-state index < -0.39 is 0 Å². The second-order valence-electron chi connectivity index (χ2n) is 6.72. The Labute approximate surface area is 137 Å². The molecule has 0 aliphatic carbocycles. The van der Waals surface area contributed by atoms with Gasteiger partial charge in [-0.05, 0) is 46.2 Å². The van der Waals surface area contributed by atoms with Crippen LogP contribution in [0.25, 0.3) is 0 Å². The second-order valence-corrected chi connectivity index (χ2v) is 6.72. The summed E-state index contributed by atoms with van der Waals surface area (Å²) in [6.07, 6.45) is 4.81. The Morgan fingerprint density at radius 3 is 2.57 bits per heavy atom. The molecule has 0 unspecified atom stereocenters. The summed E-state index contributed by atoms with van der Waals surface area (Å²) in [6, 6.07) is 5.17. The maximum absolute atomic E-state index is 6.00. The third-order valence-corrected chi connectivity index (χ3v) is 4.36. The van der Waals surface area contributed by atoms with E-state index in [4.69, 9.17) is 4.74 Å². The lowest BCUT2D eigenvalue weighted by atomic mass is 10.1. The summed E-state index contributed by atoms with van der Waals surface area (Å²) < 4.78 is 10.1. The minimum atomic E-state index is 0.0651. The fourth-order valence-corrected chi connectivity index (χ4v) is 3.25. The normalized spacial score (nSPS) is 21.7. The van der Waals surface area contributed by atoms with Crippen LogP contribution in [0.15, 0.2) is 24.5 Å². The molecular weight excluding hydrogens is 290 g/mol. The molecule has 0 bridgehead atoms. The van der Waals surface area contributed by atoms with Crippen molar-refractivity contribution < 1.29 is 4.74 Å². The predicted octanol–water partition coefficient (Wildman–Crippen LogP) is 2.86. The lowest BCUT2D eigenvalue weighted by molar-refractivity contribution is 0.0897. The van der Waals surface area contributed by atoms with Gasteiger partial charge in [0, 0.05) is 43.7 Å². The summed E-state index contributed by atoms with van der Waals surface area (Å²) in [5, 5.41) is 12.5. The Bertz CT molecular complexity index is 630. The van der Waals surface area contributed by atoms with Crippen LogP contribution in [0.3, 0.4) is 0 Å². The van der Waals surface area contributed by atoms with Gasteiger partial charge in [-0.2, -0.15) is 10.2 Å². The van der Waals surface area contributed by atoms with Gasteiger partial charge in [-0.25, -0.2) is 0 Å². The van der Waals surface area contributed by atoms with E-state index in [1.807, 2.05) is 12.4 Å². The number of aromatic nitrogens is 4. The SMILES string of the molecule is CC(C)n1nccc1CN[C@H]1CCO[C@@H]1c1ccnn1C(C)C. The predicted molar refractivity (Wildman–Crippen MR) is 89.2 cm³/mol. The van der Waals surface area contributed by atoms with Gasteiger partial charge in [-0.3, -0.25) is 9.36 Å². The summed E-state index contributed by atoms with van der Waals surface area (Å²) in [5.74, 6) is 0. The van der Waals surface area contributed by atoms with Crippen LogP contribution in [0.4, 0.5) is 0 Å². The standard InChI is InChI=1S/C17H27N5O/c1-12(2)21-14(5-8-19-21)11-18-15-7-10-23-17(15)16-6-9-20-22(16)13(3)4/h5-6,8-9,12-13,15,17-18H,7,10-11H2,1-4H3/t15-,17-/m0/s1. The highest BCUT2D eigenvalue weighted by atomic mass is 16.5. The van der Waals surface area contributed by atoms with Gasteiger partial charge in [-0.1, -0.05) is 0 Å². The number of nitrogens with zero attached hydrogens (tertiary/aromatic N) is 4. The third-order valence-electron chi connectivity index (χ3n) is 4.36. The lowest BCUT2D eigenvalue weighted by Crippen LogP contribution is -2.33. The molecule has 6 heteroatoms. The Hall–Kier alpha value is -1.66. The van der Waals surface area contributed by atoms with E-state index in [1.165, 1.54) is 5.69 Å². The average molecular weight is 317 g/mol. The van der Waals surface area contributed by atoms with Crippen LogP contribution >= 0.6 is 0 Å². The highest BCUT2D eigenvalue weighted by molar-refractivity contribution is 5.11. The van der Waals surface area contributed by atoms with Gasteiger partial charge in [0.25, 0.3) is 0 Å². The summed E-state index contributed by atoms with van der Waals surface area (Å²) in [6.45, 7) is 10.2. The fourth-order valence-electron chi connectivity index (χ4n) is 3.25. The van der Waals surface area contributed by atoms with Crippen molar-refractivity contribution in [2.75, 3.05) is 6.61 Å². The zero-order valence-electron chi connectivity index (χ0n) is 14.4. The van der Waals surface area contributed by atoms with Crippen molar-refractivity contribution in [2.24, 2.45) is 0 Å². The Kier molecular flexibility index (Phi) is 4.82. The van der Waals surface area contributed by atoms with Crippen LogP contribution in [0.2, 0.25) is 0 Å². The molecule has 1 aliphatic rings. The molecular formula is C17H27N5O. The van der Waals surface area contributed by atoms with Crippen LogP contribution in [0.5, 0.6) is 0 Å². The van der Waals surface area contributed by atoms with Crippen molar-refractivity contribution in [3.8, 4) is 0 Å². The highest BCUT2D eigenvalue weighted by Crippen LogP contribution is 2.30. The summed E-state index contributed by atoms with van der Waals surface area (Å²) in [5.41, 5.74) is 2.37. The minimum Gasteiger partial charge on any atom is -0.370 e. The molecule has 0 spiro atoms. The monoisotopic (exact) mass is 317 g/mol. The number of hydrogen-bond acceptors (Lipinski definition) is 4. The van der Waals surface area contributed by atoms with Crippen molar-refractivity contribution in [3.63, 3.8) is 0 Å². The Morgan fingerprint density at radius 1 is 1.13 bits per heavy atom. The van der Waals surface area contributed by atoms with E-state index in [0.29, 0.717) is 18.1 Å². The van der Waals surface area contributed by atoms with E-state index in [-0.39, 0.29) is 6.10 Å². The summed E-state index contributed by atoms with van der Waals surface area (Å²) in [4.78, 5) is 0. The first-order valence-electron chi connectivity index (χ1n) is 8.48. The maximum Gasteiger partial charge on any atom is 0.114 e. The van der Waals surface area contributed by atoms with Gasteiger partial charge in [0.05, 0.1) is 11.4 Å². The van der Waals surface area contributed by atoms with Crippen molar-refractivity contribution in [1.82, 2.24) is 24.9 Å². The third kappa shape index (κ3) is 3.33. The molecule has 1 aliphatic heterocycles. The zero-order chi connectivity index (χ0) is 16.4. The van der Waals surface area contributed by atoms with Crippen molar-refractivity contribution in [3.05, 3.63) is 35.9 Å². The highest BCUT2D eigenvalue weighted by Gasteiger charge is 2.32. The molecule has 1 saturated heterocycles. The number of ether oxygens (including phenoxy) is 1. The molecule has 6 nitrogen and oxygen atoms in total. The van der Waals surface area contributed by atoms with Crippen LogP contribution in [0, 0.1) is 0 Å². The topological polar surface area (TPSA) is 56.9 Å². The van der Waals surface area contributed by atoms with Crippen molar-refractivity contribution in [1.29, 1.82) is 0 Å². The second kappa shape index (κ2) is 6.84. The molecule has 0 amide bonds. The molecule has 0 radical (unpaired) electrons. The fraction of sp³-hybridized carbons (Fsp3) is 0.647. The van der Waals surface area contributed by atoms with Gasteiger partial charge in [0.2, 0.25) is 0 Å². The number of rotatable bonds is 6. The van der Waals surface area contributed by atoms with Crippen LogP contribution < -0.4 is 5.32 Å². The van der Waals surface area contributed by atoms with E-state index in [1.54, 1.807) is 0 Å². The van der Waals surface area contributed by atoms with Crippen LogP contribution in [-0.4, -0.2) is 32.2 Å². The molecule has 126 valence electrons. The van der Waals surface area contributed by atoms with Gasteiger partial charge in [0.15, 0.2) is 0 Å². The molecule has 2 aromatic rings. The van der Waals surface area contributed by atoms with E-state index in [9.17, 15) is 0 Å². The summed E-state index contributed by atoms with van der Waals surface area (Å²) >= 11 is 0. The summed E-state index contributed by atoms with van der Waals surface area (Å²) in [7, 11) is 0. The molecule has 0 saturated carbocycles. The molecule has 2 aromatic heterocycles. The number of nitrogens with one attached hydrogen (secondary N) is 1. The van der Waals surface area contributed by atoms with Crippen LogP contribution in [0.1, 0.15) is 63.7 Å². The average Bonchev–Trinajstić information content (AvgIpc) is 3.23. The molecule has 0 aromatic carbocycles. The number of hydrogen-bond donors (Lipinski definition) is 1. The maximum atomic E-state index is 6.00. The van der Waals surface area contributed by atoms with E-state index >= 15 is 0 Å². The molecule has 23 heavy (non-hydrogen) atoms. The van der Waals surface area contributed by atoms with E-state index in [0.717, 1.165) is 25.3 Å². The first kappa shape index (κ1) is 16.2. The van der Waals surface area contributed by atoms with Crippen LogP contribution in [-0.2, 0) is 11.3 Å². The Morgan fingerprint density at radius 2 is 1.83 bits per heavy atom. The van der Waals surface area contributed by atoms with Crippen molar-refractivity contribution >= 4 is 0 Å².